The van der Waals surface area contributed by atoms with Crippen molar-refractivity contribution in [2.75, 3.05) is 5.73 Å². The average Bonchev–Trinajstić information content (AvgIpc) is 2.81. The second-order valence-electron chi connectivity index (χ2n) is 5.86. The predicted molar refractivity (Wildman–Crippen MR) is 67.1 cm³/mol. The maximum absolute atomic E-state index is 13.8. The Labute approximate surface area is 110 Å². The first-order valence-corrected chi connectivity index (χ1v) is 6.23. The summed E-state index contributed by atoms with van der Waals surface area (Å²) < 4.78 is 13.8. The highest BCUT2D eigenvalue weighted by Gasteiger charge is 2.72. The fourth-order valence-corrected chi connectivity index (χ4v) is 3.05. The number of carbonyl (C=O) groups excluding carboxylic acids is 2. The Morgan fingerprint density at radius 1 is 1.26 bits per heavy atom. The van der Waals surface area contributed by atoms with E-state index in [0.29, 0.717) is 0 Å². The highest BCUT2D eigenvalue weighted by atomic mass is 19.1. The van der Waals surface area contributed by atoms with Crippen molar-refractivity contribution in [1.82, 2.24) is 4.90 Å². The topological polar surface area (TPSA) is 63.4 Å². The number of hydrogen-bond donors (Lipinski definition) is 1. The maximum Gasteiger partial charge on any atom is 0.233 e. The third kappa shape index (κ3) is 1.50. The number of hydrogen-bond acceptors (Lipinski definition) is 3. The first kappa shape index (κ1) is 12.1. The van der Waals surface area contributed by atoms with Gasteiger partial charge in [0.05, 0.1) is 24.1 Å². The molecule has 3 rings (SSSR count). The van der Waals surface area contributed by atoms with E-state index < -0.39 is 5.82 Å². The fraction of sp³-hybridized carbons (Fsp3) is 0.429. The van der Waals surface area contributed by atoms with E-state index >= 15 is 0 Å². The number of nitrogens with zero attached hydrogens (tertiary/aromatic N) is 1. The number of nitrogens with two attached hydrogens (primary N) is 1. The molecule has 1 aliphatic carbocycles. The molecule has 2 atom stereocenters. The van der Waals surface area contributed by atoms with E-state index in [1.165, 1.54) is 6.07 Å². The standard InChI is InChI=1S/C14H15FN2O2/c1-14(2)9-10(14)13(19)17(12(9)18)6-7-4-3-5-8(16)11(7)15/h3-5,9-10H,6,16H2,1-2H3. The molecule has 1 heterocycles. The van der Waals surface area contributed by atoms with Crippen molar-refractivity contribution < 1.29 is 14.0 Å². The number of nitrogen functional groups attached to an aromatic ring is 1. The van der Waals surface area contributed by atoms with Crippen LogP contribution < -0.4 is 5.73 Å². The molecule has 2 fully saturated rings. The number of carbonyl (C=O) groups is 2. The molecule has 1 saturated carbocycles. The van der Waals surface area contributed by atoms with Gasteiger partial charge < -0.3 is 5.73 Å². The molecule has 0 aromatic heterocycles. The van der Waals surface area contributed by atoms with Gasteiger partial charge in [-0.1, -0.05) is 26.0 Å². The zero-order valence-corrected chi connectivity index (χ0v) is 10.8. The highest BCUT2D eigenvalue weighted by Crippen LogP contribution is 2.63. The molecular weight excluding hydrogens is 247 g/mol. The Morgan fingerprint density at radius 2 is 1.84 bits per heavy atom. The molecule has 2 aliphatic rings. The highest BCUT2D eigenvalue weighted by molar-refractivity contribution is 6.10. The van der Waals surface area contributed by atoms with E-state index in [4.69, 9.17) is 5.73 Å². The zero-order valence-electron chi connectivity index (χ0n) is 10.8. The Hall–Kier alpha value is -1.91. The van der Waals surface area contributed by atoms with E-state index in [9.17, 15) is 14.0 Å². The molecule has 1 aromatic rings. The number of fused-ring (bicyclic) bond motifs is 1. The maximum atomic E-state index is 13.8. The minimum Gasteiger partial charge on any atom is -0.396 e. The van der Waals surface area contributed by atoms with Crippen LogP contribution in [-0.4, -0.2) is 16.7 Å². The van der Waals surface area contributed by atoms with Crippen LogP contribution in [-0.2, 0) is 16.1 Å². The molecule has 2 amide bonds. The number of rotatable bonds is 2. The van der Waals surface area contributed by atoms with Gasteiger partial charge in [0.2, 0.25) is 11.8 Å². The van der Waals surface area contributed by atoms with Gasteiger partial charge in [0.1, 0.15) is 0 Å². The molecule has 0 bridgehead atoms. The molecule has 2 unspecified atom stereocenters. The summed E-state index contributed by atoms with van der Waals surface area (Å²) in [6, 6.07) is 4.61. The van der Waals surface area contributed by atoms with Crippen LogP contribution in [0.2, 0.25) is 0 Å². The van der Waals surface area contributed by atoms with Crippen molar-refractivity contribution >= 4 is 17.5 Å². The third-order valence-electron chi connectivity index (χ3n) is 4.33. The van der Waals surface area contributed by atoms with Gasteiger partial charge in [-0.05, 0) is 11.5 Å². The van der Waals surface area contributed by atoms with Crippen LogP contribution in [0.25, 0.3) is 0 Å². The average molecular weight is 262 g/mol. The van der Waals surface area contributed by atoms with Gasteiger partial charge in [-0.3, -0.25) is 14.5 Å². The Balaban J connectivity index is 1.85. The zero-order chi connectivity index (χ0) is 13.9. The molecule has 1 saturated heterocycles. The lowest BCUT2D eigenvalue weighted by Gasteiger charge is -2.20. The number of amides is 2. The van der Waals surface area contributed by atoms with Gasteiger partial charge >= 0.3 is 0 Å². The van der Waals surface area contributed by atoms with Crippen LogP contribution in [0.15, 0.2) is 18.2 Å². The lowest BCUT2D eigenvalue weighted by molar-refractivity contribution is -0.143. The van der Waals surface area contributed by atoms with Crippen molar-refractivity contribution in [3.63, 3.8) is 0 Å². The van der Waals surface area contributed by atoms with Crippen molar-refractivity contribution in [2.24, 2.45) is 17.3 Å². The van der Waals surface area contributed by atoms with E-state index in [0.717, 1.165) is 4.90 Å². The van der Waals surface area contributed by atoms with Crippen LogP contribution >= 0.6 is 0 Å². The molecule has 19 heavy (non-hydrogen) atoms. The SMILES string of the molecule is CC1(C)C2C(=O)N(Cc3cccc(N)c3F)C(=O)C21. The number of halogens is 1. The van der Waals surface area contributed by atoms with Crippen LogP contribution in [0.5, 0.6) is 0 Å². The smallest absolute Gasteiger partial charge is 0.233 e. The van der Waals surface area contributed by atoms with E-state index in [1.54, 1.807) is 12.1 Å². The number of piperidine rings is 1. The minimum atomic E-state index is -0.553. The molecular formula is C14H15FN2O2. The third-order valence-corrected chi connectivity index (χ3v) is 4.33. The largest absolute Gasteiger partial charge is 0.396 e. The molecule has 1 aliphatic heterocycles. The Bertz CT molecular complexity index is 573. The predicted octanol–water partition coefficient (Wildman–Crippen LogP) is 1.55. The summed E-state index contributed by atoms with van der Waals surface area (Å²) in [5, 5.41) is 0. The number of likely N-dealkylation sites (tertiary alicyclic amines) is 1. The van der Waals surface area contributed by atoms with E-state index in [-0.39, 0.29) is 46.9 Å². The molecule has 4 nitrogen and oxygen atoms in total. The van der Waals surface area contributed by atoms with Crippen LogP contribution in [0.4, 0.5) is 10.1 Å². The monoisotopic (exact) mass is 262 g/mol. The number of imide groups is 1. The Kier molecular flexibility index (Phi) is 2.27. The summed E-state index contributed by atoms with van der Waals surface area (Å²) in [5.74, 6) is -1.40. The summed E-state index contributed by atoms with van der Waals surface area (Å²) in [6.45, 7) is 3.80. The quantitative estimate of drug-likeness (QED) is 0.649. The molecule has 0 spiro atoms. The van der Waals surface area contributed by atoms with Crippen LogP contribution in [0.3, 0.4) is 0 Å². The van der Waals surface area contributed by atoms with Crippen molar-refractivity contribution in [1.29, 1.82) is 0 Å². The van der Waals surface area contributed by atoms with Crippen molar-refractivity contribution in [3.8, 4) is 0 Å². The Morgan fingerprint density at radius 3 is 2.42 bits per heavy atom. The van der Waals surface area contributed by atoms with Gasteiger partial charge in [0.15, 0.2) is 5.82 Å². The van der Waals surface area contributed by atoms with E-state index in [2.05, 4.69) is 0 Å². The molecule has 100 valence electrons. The van der Waals surface area contributed by atoms with Crippen molar-refractivity contribution in [3.05, 3.63) is 29.6 Å². The minimum absolute atomic E-state index is 0.0297. The summed E-state index contributed by atoms with van der Waals surface area (Å²) in [7, 11) is 0. The normalized spacial score (nSPS) is 27.6. The molecule has 5 heteroatoms. The lowest BCUT2D eigenvalue weighted by atomic mass is 10.0. The van der Waals surface area contributed by atoms with Crippen molar-refractivity contribution in [2.45, 2.75) is 20.4 Å². The second-order valence-corrected chi connectivity index (χ2v) is 5.86. The summed E-state index contributed by atoms with van der Waals surface area (Å²) in [4.78, 5) is 25.4. The summed E-state index contributed by atoms with van der Waals surface area (Å²) in [5.41, 5.74) is 5.55. The molecule has 1 aromatic carbocycles. The van der Waals surface area contributed by atoms with Gasteiger partial charge in [-0.25, -0.2) is 4.39 Å². The first-order valence-electron chi connectivity index (χ1n) is 6.23. The summed E-state index contributed by atoms with van der Waals surface area (Å²) >= 11 is 0. The van der Waals surface area contributed by atoms with Gasteiger partial charge in [0.25, 0.3) is 0 Å². The van der Waals surface area contributed by atoms with Gasteiger partial charge in [0, 0.05) is 5.56 Å². The number of benzene rings is 1. The molecule has 0 radical (unpaired) electrons. The van der Waals surface area contributed by atoms with Gasteiger partial charge in [-0.2, -0.15) is 0 Å². The molecule has 2 N–H and O–H groups in total. The van der Waals surface area contributed by atoms with Gasteiger partial charge in [-0.15, -0.1) is 0 Å². The van der Waals surface area contributed by atoms with Crippen LogP contribution in [0, 0.1) is 23.1 Å². The number of anilines is 1. The lowest BCUT2D eigenvalue weighted by Crippen LogP contribution is -2.35. The van der Waals surface area contributed by atoms with Crippen LogP contribution in [0.1, 0.15) is 19.4 Å². The fourth-order valence-electron chi connectivity index (χ4n) is 3.05. The first-order chi connectivity index (χ1) is 8.85. The second kappa shape index (κ2) is 3.56. The summed E-state index contributed by atoms with van der Waals surface area (Å²) in [6.07, 6.45) is 0. The van der Waals surface area contributed by atoms with E-state index in [1.807, 2.05) is 13.8 Å².